The van der Waals surface area contributed by atoms with Gasteiger partial charge in [-0.05, 0) is 13.5 Å². The Morgan fingerprint density at radius 2 is 2.27 bits per heavy atom. The molecule has 0 spiro atoms. The molecule has 0 saturated carbocycles. The number of likely N-dealkylation sites (N-methyl/N-ethyl adjacent to an activating group) is 1. The molecule has 1 amide bonds. The minimum atomic E-state index is -1.43. The molecule has 0 aromatic heterocycles. The molecule has 1 N–H and O–H groups in total. The molecular formula is C11H19FN2O. The third-order valence-electron chi connectivity index (χ3n) is 2.30. The number of hydrogen-bond donors (Lipinski definition) is 1. The number of rotatable bonds is 7. The Morgan fingerprint density at radius 3 is 2.60 bits per heavy atom. The van der Waals surface area contributed by atoms with E-state index in [1.807, 2.05) is 6.92 Å². The maximum atomic E-state index is 12.6. The van der Waals surface area contributed by atoms with Gasteiger partial charge in [-0.3, -0.25) is 0 Å². The van der Waals surface area contributed by atoms with Gasteiger partial charge in [0, 0.05) is 19.1 Å². The van der Waals surface area contributed by atoms with Crippen LogP contribution in [0.5, 0.6) is 0 Å². The minimum Gasteiger partial charge on any atom is -0.312 e. The van der Waals surface area contributed by atoms with Crippen LogP contribution in [0.4, 0.5) is 9.18 Å². The van der Waals surface area contributed by atoms with Crippen molar-refractivity contribution in [1.29, 1.82) is 0 Å². The average Bonchev–Trinajstić information content (AvgIpc) is 2.22. The molecule has 15 heavy (non-hydrogen) atoms. The summed E-state index contributed by atoms with van der Waals surface area (Å²) in [5, 5.41) is 3.00. The quantitative estimate of drug-likeness (QED) is 0.400. The van der Waals surface area contributed by atoms with E-state index in [0.717, 1.165) is 16.9 Å². The Hall–Kier alpha value is -1.16. The number of carbonyl (C=O) groups is 1. The Kier molecular flexibility index (Phi) is 6.62. The molecule has 4 heteroatoms. The van der Waals surface area contributed by atoms with Gasteiger partial charge in [-0.25, -0.2) is 4.79 Å². The highest BCUT2D eigenvalue weighted by Crippen LogP contribution is 2.07. The summed E-state index contributed by atoms with van der Waals surface area (Å²) in [6.45, 7) is 9.81. The number of carbonyl (C=O) groups excluding carboxylic acids is 1. The van der Waals surface area contributed by atoms with Crippen LogP contribution >= 0.6 is 0 Å². The number of amides is 1. The number of hydrogen-bond acceptors (Lipinski definition) is 2. The van der Waals surface area contributed by atoms with E-state index >= 15 is 0 Å². The summed E-state index contributed by atoms with van der Waals surface area (Å²) in [5.41, 5.74) is 0.952. The molecule has 1 atom stereocenters. The van der Waals surface area contributed by atoms with Crippen molar-refractivity contribution in [3.63, 3.8) is 0 Å². The molecule has 0 aliphatic rings. The standard InChI is InChI=1S/C11H19FN2O/c1-5-7-14(11(12)15)8-10(13-4)9(3)6-2/h5,10,13H,1,3,6-8H2,2,4H3. The van der Waals surface area contributed by atoms with Crippen LogP contribution in [0, 0.1) is 0 Å². The molecule has 0 aliphatic heterocycles. The first-order chi connectivity index (χ1) is 7.06. The van der Waals surface area contributed by atoms with Gasteiger partial charge in [0.1, 0.15) is 0 Å². The molecule has 1 unspecified atom stereocenters. The lowest BCUT2D eigenvalue weighted by Crippen LogP contribution is -2.41. The van der Waals surface area contributed by atoms with Gasteiger partial charge in [-0.2, -0.15) is 0 Å². The fourth-order valence-electron chi connectivity index (χ4n) is 1.27. The SMILES string of the molecule is C=CCN(CC(NC)C(=C)CC)C(=O)F. The lowest BCUT2D eigenvalue weighted by atomic mass is 10.1. The van der Waals surface area contributed by atoms with Gasteiger partial charge in [0.15, 0.2) is 0 Å². The fraction of sp³-hybridized carbons (Fsp3) is 0.545. The van der Waals surface area contributed by atoms with E-state index in [0.29, 0.717) is 0 Å². The van der Waals surface area contributed by atoms with Gasteiger partial charge >= 0.3 is 6.16 Å². The second-order valence-electron chi connectivity index (χ2n) is 3.30. The second kappa shape index (κ2) is 7.17. The third-order valence-corrected chi connectivity index (χ3v) is 2.30. The zero-order valence-electron chi connectivity index (χ0n) is 9.42. The summed E-state index contributed by atoms with van der Waals surface area (Å²) in [7, 11) is 1.76. The molecule has 0 saturated heterocycles. The van der Waals surface area contributed by atoms with E-state index in [4.69, 9.17) is 0 Å². The topological polar surface area (TPSA) is 32.3 Å². The van der Waals surface area contributed by atoms with Gasteiger partial charge in [-0.1, -0.05) is 25.2 Å². The lowest BCUT2D eigenvalue weighted by molar-refractivity contribution is 0.176. The molecule has 0 radical (unpaired) electrons. The van der Waals surface area contributed by atoms with Crippen molar-refractivity contribution < 1.29 is 9.18 Å². The Bertz CT molecular complexity index is 241. The van der Waals surface area contributed by atoms with Crippen LogP contribution in [0.15, 0.2) is 24.8 Å². The van der Waals surface area contributed by atoms with E-state index in [1.165, 1.54) is 6.08 Å². The third kappa shape index (κ3) is 4.74. The zero-order chi connectivity index (χ0) is 11.8. The van der Waals surface area contributed by atoms with Crippen molar-refractivity contribution in [2.75, 3.05) is 20.1 Å². The Morgan fingerprint density at radius 1 is 1.67 bits per heavy atom. The molecule has 0 heterocycles. The van der Waals surface area contributed by atoms with Gasteiger partial charge in [0.25, 0.3) is 0 Å². The van der Waals surface area contributed by atoms with Crippen LogP contribution in [0.3, 0.4) is 0 Å². The van der Waals surface area contributed by atoms with Gasteiger partial charge in [0.2, 0.25) is 0 Å². The molecule has 86 valence electrons. The molecule has 0 aromatic rings. The summed E-state index contributed by atoms with van der Waals surface area (Å²) < 4.78 is 12.6. The van der Waals surface area contributed by atoms with Crippen LogP contribution in [0.2, 0.25) is 0 Å². The maximum absolute atomic E-state index is 12.6. The summed E-state index contributed by atoms with van der Waals surface area (Å²) in [5.74, 6) is 0. The summed E-state index contributed by atoms with van der Waals surface area (Å²) in [4.78, 5) is 11.7. The van der Waals surface area contributed by atoms with Crippen molar-refractivity contribution in [3.8, 4) is 0 Å². The Balaban J connectivity index is 4.40. The van der Waals surface area contributed by atoms with Gasteiger partial charge < -0.3 is 10.2 Å². The van der Waals surface area contributed by atoms with E-state index in [2.05, 4.69) is 18.5 Å². The van der Waals surface area contributed by atoms with Crippen LogP contribution in [-0.4, -0.2) is 37.2 Å². The van der Waals surface area contributed by atoms with E-state index < -0.39 is 6.16 Å². The molecule has 3 nitrogen and oxygen atoms in total. The van der Waals surface area contributed by atoms with Crippen molar-refractivity contribution in [1.82, 2.24) is 10.2 Å². The molecule has 0 rings (SSSR count). The first-order valence-corrected chi connectivity index (χ1v) is 4.97. The van der Waals surface area contributed by atoms with Crippen molar-refractivity contribution in [3.05, 3.63) is 24.8 Å². The molecule has 0 bridgehead atoms. The first kappa shape index (κ1) is 13.8. The molecule has 0 fully saturated rings. The highest BCUT2D eigenvalue weighted by molar-refractivity contribution is 5.66. The second-order valence-corrected chi connectivity index (χ2v) is 3.30. The highest BCUT2D eigenvalue weighted by Gasteiger charge is 2.17. The molecule has 0 aliphatic carbocycles. The fourth-order valence-corrected chi connectivity index (χ4v) is 1.27. The Labute approximate surface area is 90.6 Å². The van der Waals surface area contributed by atoms with Crippen LogP contribution in [-0.2, 0) is 0 Å². The predicted octanol–water partition coefficient (Wildman–Crippen LogP) is 2.12. The summed E-state index contributed by atoms with van der Waals surface area (Å²) in [6, 6.07) is -0.0744. The smallest absolute Gasteiger partial charge is 0.312 e. The number of nitrogens with one attached hydrogen (secondary N) is 1. The van der Waals surface area contributed by atoms with E-state index in [9.17, 15) is 9.18 Å². The van der Waals surface area contributed by atoms with E-state index in [1.54, 1.807) is 7.05 Å². The molecule has 0 aromatic carbocycles. The van der Waals surface area contributed by atoms with Gasteiger partial charge in [0.05, 0.1) is 0 Å². The lowest BCUT2D eigenvalue weighted by Gasteiger charge is -2.24. The van der Waals surface area contributed by atoms with Crippen LogP contribution < -0.4 is 5.32 Å². The monoisotopic (exact) mass is 214 g/mol. The summed E-state index contributed by atoms with van der Waals surface area (Å²) >= 11 is 0. The minimum absolute atomic E-state index is 0.0744. The number of halogens is 1. The predicted molar refractivity (Wildman–Crippen MR) is 60.6 cm³/mol. The number of nitrogens with zero attached hydrogens (tertiary/aromatic N) is 1. The van der Waals surface area contributed by atoms with Crippen molar-refractivity contribution >= 4 is 6.16 Å². The maximum Gasteiger partial charge on any atom is 0.400 e. The summed E-state index contributed by atoms with van der Waals surface area (Å²) in [6.07, 6.45) is 0.867. The van der Waals surface area contributed by atoms with Crippen LogP contribution in [0.25, 0.3) is 0 Å². The average molecular weight is 214 g/mol. The van der Waals surface area contributed by atoms with Crippen molar-refractivity contribution in [2.24, 2.45) is 0 Å². The van der Waals surface area contributed by atoms with Gasteiger partial charge in [-0.15, -0.1) is 11.0 Å². The highest BCUT2D eigenvalue weighted by atomic mass is 19.1. The largest absolute Gasteiger partial charge is 0.400 e. The zero-order valence-corrected chi connectivity index (χ0v) is 9.42. The van der Waals surface area contributed by atoms with Crippen molar-refractivity contribution in [2.45, 2.75) is 19.4 Å². The first-order valence-electron chi connectivity index (χ1n) is 4.97. The normalized spacial score (nSPS) is 11.9. The van der Waals surface area contributed by atoms with E-state index in [-0.39, 0.29) is 19.1 Å². The van der Waals surface area contributed by atoms with Crippen LogP contribution in [0.1, 0.15) is 13.3 Å². The molecular weight excluding hydrogens is 195 g/mol.